The topological polar surface area (TPSA) is 79.2 Å². The zero-order chi connectivity index (χ0) is 14.0. The van der Waals surface area contributed by atoms with E-state index in [2.05, 4.69) is 15.7 Å². The number of rotatable bonds is 3. The molecule has 6 nitrogen and oxygen atoms in total. The van der Waals surface area contributed by atoms with Crippen molar-refractivity contribution in [2.45, 2.75) is 38.3 Å². The Bertz CT molecular complexity index is 455. The standard InChI is InChI=1S/C13H22N4O2/c1-8(2)10-6-11(17(3)16-10)13(19)15-9-4-5-14-7-12(9)18/h6,8-9,12,14,18H,4-5,7H2,1-3H3,(H,15,19). The molecule has 6 heteroatoms. The molecule has 0 bridgehead atoms. The molecule has 2 atom stereocenters. The van der Waals surface area contributed by atoms with Gasteiger partial charge in [0.15, 0.2) is 0 Å². The summed E-state index contributed by atoms with van der Waals surface area (Å²) in [7, 11) is 1.76. The number of β-amino-alcohol motifs (C(OH)–C–C–N with tert-alkyl or cyclic N) is 1. The van der Waals surface area contributed by atoms with Crippen LogP contribution in [0.2, 0.25) is 0 Å². The molecule has 2 rings (SSSR count). The number of carbonyl (C=O) groups excluding carboxylic acids is 1. The van der Waals surface area contributed by atoms with Crippen molar-refractivity contribution in [3.63, 3.8) is 0 Å². The molecule has 0 aliphatic carbocycles. The molecule has 3 N–H and O–H groups in total. The van der Waals surface area contributed by atoms with E-state index < -0.39 is 6.10 Å². The fourth-order valence-electron chi connectivity index (χ4n) is 2.24. The van der Waals surface area contributed by atoms with Gasteiger partial charge >= 0.3 is 0 Å². The second-order valence-electron chi connectivity index (χ2n) is 5.37. The zero-order valence-electron chi connectivity index (χ0n) is 11.7. The number of aromatic nitrogens is 2. The lowest BCUT2D eigenvalue weighted by molar-refractivity contribution is 0.0758. The Hall–Kier alpha value is -1.40. The van der Waals surface area contributed by atoms with Crippen molar-refractivity contribution in [2.24, 2.45) is 7.05 Å². The maximum Gasteiger partial charge on any atom is 0.269 e. The van der Waals surface area contributed by atoms with Gasteiger partial charge in [0.2, 0.25) is 0 Å². The third kappa shape index (κ3) is 3.13. The summed E-state index contributed by atoms with van der Waals surface area (Å²) in [6, 6.07) is 1.62. The first-order valence-corrected chi connectivity index (χ1v) is 6.72. The molecule has 2 unspecified atom stereocenters. The van der Waals surface area contributed by atoms with Gasteiger partial charge in [-0.25, -0.2) is 0 Å². The van der Waals surface area contributed by atoms with Crippen molar-refractivity contribution in [1.29, 1.82) is 0 Å². The molecular formula is C13H22N4O2. The largest absolute Gasteiger partial charge is 0.390 e. The number of aliphatic hydroxyl groups excluding tert-OH is 1. The monoisotopic (exact) mass is 266 g/mol. The van der Waals surface area contributed by atoms with Crippen molar-refractivity contribution in [3.8, 4) is 0 Å². The Morgan fingerprint density at radius 3 is 2.95 bits per heavy atom. The Kier molecular flexibility index (Phi) is 4.21. The SMILES string of the molecule is CC(C)c1cc(C(=O)NC2CCNCC2O)n(C)n1. The quantitative estimate of drug-likeness (QED) is 0.719. The maximum absolute atomic E-state index is 12.2. The molecule has 0 spiro atoms. The van der Waals surface area contributed by atoms with Crippen molar-refractivity contribution < 1.29 is 9.90 Å². The van der Waals surface area contributed by atoms with Gasteiger partial charge in [-0.05, 0) is 24.9 Å². The minimum Gasteiger partial charge on any atom is -0.390 e. The second kappa shape index (κ2) is 5.71. The van der Waals surface area contributed by atoms with Crippen molar-refractivity contribution in [1.82, 2.24) is 20.4 Å². The van der Waals surface area contributed by atoms with Gasteiger partial charge in [-0.15, -0.1) is 0 Å². The molecule has 0 aromatic carbocycles. The molecule has 1 aliphatic heterocycles. The first-order chi connectivity index (χ1) is 8.99. The van der Waals surface area contributed by atoms with Crippen molar-refractivity contribution >= 4 is 5.91 Å². The number of piperidine rings is 1. The van der Waals surface area contributed by atoms with E-state index in [-0.39, 0.29) is 17.9 Å². The number of hydrogen-bond acceptors (Lipinski definition) is 4. The average Bonchev–Trinajstić information content (AvgIpc) is 2.74. The molecule has 0 saturated carbocycles. The molecule has 1 amide bonds. The normalized spacial score (nSPS) is 23.6. The smallest absolute Gasteiger partial charge is 0.269 e. The van der Waals surface area contributed by atoms with Gasteiger partial charge in [-0.3, -0.25) is 9.48 Å². The van der Waals surface area contributed by atoms with E-state index >= 15 is 0 Å². The first kappa shape index (κ1) is 14.0. The van der Waals surface area contributed by atoms with Crippen LogP contribution in [0.4, 0.5) is 0 Å². The summed E-state index contributed by atoms with van der Waals surface area (Å²) in [6.07, 6.45) is 0.206. The number of aryl methyl sites for hydroxylation is 1. The van der Waals surface area contributed by atoms with Gasteiger partial charge < -0.3 is 15.7 Å². The number of aliphatic hydroxyl groups is 1. The van der Waals surface area contributed by atoms with Crippen molar-refractivity contribution in [2.75, 3.05) is 13.1 Å². The Labute approximate surface area is 113 Å². The third-order valence-corrected chi connectivity index (χ3v) is 3.49. The van der Waals surface area contributed by atoms with E-state index in [4.69, 9.17) is 0 Å². The molecule has 1 aliphatic rings. The molecule has 1 fully saturated rings. The first-order valence-electron chi connectivity index (χ1n) is 6.72. The lowest BCUT2D eigenvalue weighted by atomic mass is 10.0. The van der Waals surface area contributed by atoms with Crippen LogP contribution in [-0.2, 0) is 7.05 Å². The van der Waals surface area contributed by atoms with E-state index in [9.17, 15) is 9.90 Å². The van der Waals surface area contributed by atoms with Crippen LogP contribution in [0, 0.1) is 0 Å². The van der Waals surface area contributed by atoms with Gasteiger partial charge in [0.1, 0.15) is 5.69 Å². The second-order valence-corrected chi connectivity index (χ2v) is 5.37. The highest BCUT2D eigenvalue weighted by molar-refractivity contribution is 5.92. The predicted octanol–water partition coefficient (Wildman–Crippen LogP) is -0.00390. The Morgan fingerprint density at radius 1 is 1.63 bits per heavy atom. The van der Waals surface area contributed by atoms with Gasteiger partial charge in [-0.2, -0.15) is 5.10 Å². The molecule has 1 saturated heterocycles. The summed E-state index contributed by atoms with van der Waals surface area (Å²) in [4.78, 5) is 12.2. The van der Waals surface area contributed by atoms with E-state index in [0.717, 1.165) is 18.7 Å². The summed E-state index contributed by atoms with van der Waals surface area (Å²) in [5, 5.41) is 20.1. The predicted molar refractivity (Wildman–Crippen MR) is 72.0 cm³/mol. The van der Waals surface area contributed by atoms with Crippen LogP contribution in [-0.4, -0.2) is 46.0 Å². The lowest BCUT2D eigenvalue weighted by Crippen LogP contribution is -2.52. The number of amides is 1. The van der Waals surface area contributed by atoms with Crippen LogP contribution < -0.4 is 10.6 Å². The molecule has 1 aromatic heterocycles. The molecule has 0 radical (unpaired) electrons. The molecular weight excluding hydrogens is 244 g/mol. The Balaban J connectivity index is 2.07. The van der Waals surface area contributed by atoms with Crippen LogP contribution in [0.1, 0.15) is 42.4 Å². The minimum atomic E-state index is -0.532. The summed E-state index contributed by atoms with van der Waals surface area (Å²) >= 11 is 0. The maximum atomic E-state index is 12.2. The van der Waals surface area contributed by atoms with Crippen molar-refractivity contribution in [3.05, 3.63) is 17.5 Å². The van der Waals surface area contributed by atoms with Gasteiger partial charge in [0, 0.05) is 13.6 Å². The Morgan fingerprint density at radius 2 is 2.37 bits per heavy atom. The number of hydrogen-bond donors (Lipinski definition) is 3. The van der Waals surface area contributed by atoms with Crippen LogP contribution >= 0.6 is 0 Å². The van der Waals surface area contributed by atoms with E-state index in [1.807, 2.05) is 19.9 Å². The summed E-state index contributed by atoms with van der Waals surface area (Å²) in [5.74, 6) is 0.116. The molecule has 1 aromatic rings. The van der Waals surface area contributed by atoms with E-state index in [1.54, 1.807) is 11.7 Å². The number of nitrogens with one attached hydrogen (secondary N) is 2. The van der Waals surface area contributed by atoms with Crippen LogP contribution in [0.15, 0.2) is 6.07 Å². The minimum absolute atomic E-state index is 0.173. The lowest BCUT2D eigenvalue weighted by Gasteiger charge is -2.28. The highest BCUT2D eigenvalue weighted by Gasteiger charge is 2.26. The van der Waals surface area contributed by atoms with Crippen LogP contribution in [0.5, 0.6) is 0 Å². The third-order valence-electron chi connectivity index (χ3n) is 3.49. The highest BCUT2D eigenvalue weighted by atomic mass is 16.3. The fraction of sp³-hybridized carbons (Fsp3) is 0.692. The number of carbonyl (C=O) groups is 1. The van der Waals surface area contributed by atoms with Gasteiger partial charge in [0.05, 0.1) is 17.8 Å². The molecule has 19 heavy (non-hydrogen) atoms. The average molecular weight is 266 g/mol. The van der Waals surface area contributed by atoms with Crippen LogP contribution in [0.25, 0.3) is 0 Å². The van der Waals surface area contributed by atoms with Gasteiger partial charge in [0.25, 0.3) is 5.91 Å². The number of nitrogens with zero attached hydrogens (tertiary/aromatic N) is 2. The van der Waals surface area contributed by atoms with Crippen LogP contribution in [0.3, 0.4) is 0 Å². The van der Waals surface area contributed by atoms with E-state index in [0.29, 0.717) is 12.2 Å². The van der Waals surface area contributed by atoms with E-state index in [1.165, 1.54) is 0 Å². The van der Waals surface area contributed by atoms with Gasteiger partial charge in [-0.1, -0.05) is 13.8 Å². The fourth-order valence-corrected chi connectivity index (χ4v) is 2.24. The summed E-state index contributed by atoms with van der Waals surface area (Å²) < 4.78 is 1.60. The zero-order valence-corrected chi connectivity index (χ0v) is 11.7. The summed E-state index contributed by atoms with van der Waals surface area (Å²) in [5.41, 5.74) is 1.44. The molecule has 2 heterocycles. The summed E-state index contributed by atoms with van der Waals surface area (Å²) in [6.45, 7) is 5.42. The highest BCUT2D eigenvalue weighted by Crippen LogP contribution is 2.14. The molecule has 106 valence electrons.